The molecule has 0 saturated carbocycles. The Morgan fingerprint density at radius 1 is 0.214 bits per heavy atom. The highest BCUT2D eigenvalue weighted by Crippen LogP contribution is 2.33. The predicted molar refractivity (Wildman–Crippen MR) is 177 cm³/mol. The van der Waals surface area contributed by atoms with Crippen molar-refractivity contribution in [2.45, 2.75) is 0 Å². The average molecular weight is 536 g/mol. The fourth-order valence-corrected chi connectivity index (χ4v) is 5.45. The quantitative estimate of drug-likeness (QED) is 0.206. The van der Waals surface area contributed by atoms with Gasteiger partial charge in [0.05, 0.1) is 11.4 Å². The van der Waals surface area contributed by atoms with Gasteiger partial charge >= 0.3 is 0 Å². The number of benzene rings is 6. The van der Waals surface area contributed by atoms with E-state index in [2.05, 4.69) is 170 Å². The molecule has 0 N–H and O–H groups in total. The van der Waals surface area contributed by atoms with E-state index in [9.17, 15) is 0 Å². The lowest BCUT2D eigenvalue weighted by atomic mass is 9.95. The van der Waals surface area contributed by atoms with Crippen molar-refractivity contribution in [3.8, 4) is 67.0 Å². The number of aromatic nitrogens is 1. The molecule has 7 rings (SSSR count). The molecule has 0 fully saturated rings. The Bertz CT molecular complexity index is 1880. The summed E-state index contributed by atoms with van der Waals surface area (Å²) < 4.78 is 0. The molecule has 0 bridgehead atoms. The molecule has 0 unspecified atom stereocenters. The SMILES string of the molecule is c1ccc(-c2cccc(-c3cccc(-c4ccc(-c5cc(-c6ccccc6)cc(-c6ccccc6)n5)cc4)c3)c2)cc1. The van der Waals surface area contributed by atoms with E-state index in [4.69, 9.17) is 4.98 Å². The fraction of sp³-hybridized carbons (Fsp3) is 0. The van der Waals surface area contributed by atoms with Crippen molar-refractivity contribution < 1.29 is 0 Å². The first kappa shape index (κ1) is 25.4. The Morgan fingerprint density at radius 2 is 0.524 bits per heavy atom. The topological polar surface area (TPSA) is 12.9 Å². The van der Waals surface area contributed by atoms with E-state index in [1.807, 2.05) is 6.07 Å². The van der Waals surface area contributed by atoms with Gasteiger partial charge in [0, 0.05) is 11.1 Å². The van der Waals surface area contributed by atoms with Crippen molar-refractivity contribution >= 4 is 0 Å². The zero-order valence-electron chi connectivity index (χ0n) is 23.2. The summed E-state index contributed by atoms with van der Waals surface area (Å²) in [6.07, 6.45) is 0. The van der Waals surface area contributed by atoms with Gasteiger partial charge in [-0.05, 0) is 68.8 Å². The van der Waals surface area contributed by atoms with Crippen LogP contribution in [0.5, 0.6) is 0 Å². The summed E-state index contributed by atoms with van der Waals surface area (Å²) in [7, 11) is 0. The predicted octanol–water partition coefficient (Wildman–Crippen LogP) is 11.1. The molecule has 0 amide bonds. The molecule has 0 radical (unpaired) electrons. The van der Waals surface area contributed by atoms with Crippen LogP contribution in [0.4, 0.5) is 0 Å². The highest BCUT2D eigenvalue weighted by atomic mass is 14.7. The molecule has 1 nitrogen and oxygen atoms in total. The normalized spacial score (nSPS) is 10.9. The van der Waals surface area contributed by atoms with E-state index in [0.29, 0.717) is 0 Å². The van der Waals surface area contributed by atoms with Crippen molar-refractivity contribution in [1.82, 2.24) is 4.98 Å². The van der Waals surface area contributed by atoms with Crippen molar-refractivity contribution in [3.63, 3.8) is 0 Å². The second-order valence-corrected chi connectivity index (χ2v) is 10.5. The minimum Gasteiger partial charge on any atom is -0.248 e. The molecule has 0 aliphatic heterocycles. The van der Waals surface area contributed by atoms with Crippen molar-refractivity contribution in [3.05, 3.63) is 176 Å². The fourth-order valence-electron chi connectivity index (χ4n) is 5.45. The third-order valence-electron chi connectivity index (χ3n) is 7.68. The van der Waals surface area contributed by atoms with Gasteiger partial charge in [0.1, 0.15) is 0 Å². The Kier molecular flexibility index (Phi) is 6.98. The second-order valence-electron chi connectivity index (χ2n) is 10.5. The molecule has 0 aliphatic rings. The number of pyridine rings is 1. The van der Waals surface area contributed by atoms with Crippen LogP contribution in [0.1, 0.15) is 0 Å². The molecule has 1 heteroatoms. The minimum absolute atomic E-state index is 0.966. The summed E-state index contributed by atoms with van der Waals surface area (Å²) in [5.41, 5.74) is 13.7. The molecular formula is C41H29N. The molecule has 0 spiro atoms. The maximum Gasteiger partial charge on any atom is 0.0715 e. The monoisotopic (exact) mass is 535 g/mol. The van der Waals surface area contributed by atoms with Crippen LogP contribution in [0.15, 0.2) is 176 Å². The Balaban J connectivity index is 1.22. The van der Waals surface area contributed by atoms with Crippen LogP contribution in [-0.4, -0.2) is 4.98 Å². The highest BCUT2D eigenvalue weighted by Gasteiger charge is 2.10. The van der Waals surface area contributed by atoms with E-state index in [0.717, 1.165) is 28.1 Å². The van der Waals surface area contributed by atoms with Gasteiger partial charge in [0.15, 0.2) is 0 Å². The first-order chi connectivity index (χ1) is 20.8. The van der Waals surface area contributed by atoms with Crippen LogP contribution < -0.4 is 0 Å². The molecule has 1 aromatic heterocycles. The van der Waals surface area contributed by atoms with Crippen LogP contribution in [0.3, 0.4) is 0 Å². The van der Waals surface area contributed by atoms with Crippen LogP contribution >= 0.6 is 0 Å². The lowest BCUT2D eigenvalue weighted by Crippen LogP contribution is -1.91. The summed E-state index contributed by atoms with van der Waals surface area (Å²) in [4.78, 5) is 5.09. The van der Waals surface area contributed by atoms with E-state index in [-0.39, 0.29) is 0 Å². The third kappa shape index (κ3) is 5.41. The molecule has 0 atom stereocenters. The maximum atomic E-state index is 5.09. The second kappa shape index (κ2) is 11.5. The molecular weight excluding hydrogens is 506 g/mol. The standard InChI is InChI=1S/C41H29N/c1-4-12-30(13-5-1)35-18-10-20-37(26-35)38-21-11-19-36(27-38)32-22-24-34(25-23-32)41-29-39(31-14-6-2-7-15-31)28-40(42-41)33-16-8-3-9-17-33/h1-29H. The number of rotatable bonds is 6. The van der Waals surface area contributed by atoms with Gasteiger partial charge in [0.25, 0.3) is 0 Å². The molecule has 198 valence electrons. The molecule has 0 saturated heterocycles. The third-order valence-corrected chi connectivity index (χ3v) is 7.68. The Labute approximate surface area is 247 Å². The summed E-state index contributed by atoms with van der Waals surface area (Å²) in [5, 5.41) is 0. The molecule has 0 aliphatic carbocycles. The summed E-state index contributed by atoms with van der Waals surface area (Å²) >= 11 is 0. The van der Waals surface area contributed by atoms with Crippen molar-refractivity contribution in [2.24, 2.45) is 0 Å². The van der Waals surface area contributed by atoms with Crippen LogP contribution in [0.2, 0.25) is 0 Å². The minimum atomic E-state index is 0.966. The summed E-state index contributed by atoms with van der Waals surface area (Å²) in [6, 6.07) is 62.2. The van der Waals surface area contributed by atoms with E-state index in [1.165, 1.54) is 38.9 Å². The van der Waals surface area contributed by atoms with Crippen molar-refractivity contribution in [2.75, 3.05) is 0 Å². The summed E-state index contributed by atoms with van der Waals surface area (Å²) in [5.74, 6) is 0. The first-order valence-electron chi connectivity index (χ1n) is 14.3. The lowest BCUT2D eigenvalue weighted by molar-refractivity contribution is 1.32. The van der Waals surface area contributed by atoms with E-state index < -0.39 is 0 Å². The molecule has 7 aromatic rings. The molecule has 1 heterocycles. The number of nitrogens with zero attached hydrogens (tertiary/aromatic N) is 1. The van der Waals surface area contributed by atoms with Gasteiger partial charge in [-0.1, -0.05) is 152 Å². The summed E-state index contributed by atoms with van der Waals surface area (Å²) in [6.45, 7) is 0. The Morgan fingerprint density at radius 3 is 1.00 bits per heavy atom. The molecule has 42 heavy (non-hydrogen) atoms. The van der Waals surface area contributed by atoms with Gasteiger partial charge < -0.3 is 0 Å². The van der Waals surface area contributed by atoms with E-state index >= 15 is 0 Å². The zero-order chi connectivity index (χ0) is 28.1. The van der Waals surface area contributed by atoms with Crippen LogP contribution in [-0.2, 0) is 0 Å². The van der Waals surface area contributed by atoms with Gasteiger partial charge in [-0.3, -0.25) is 0 Å². The highest BCUT2D eigenvalue weighted by molar-refractivity contribution is 5.80. The largest absolute Gasteiger partial charge is 0.248 e. The van der Waals surface area contributed by atoms with Gasteiger partial charge in [0.2, 0.25) is 0 Å². The number of hydrogen-bond donors (Lipinski definition) is 0. The number of hydrogen-bond acceptors (Lipinski definition) is 1. The smallest absolute Gasteiger partial charge is 0.0715 e. The van der Waals surface area contributed by atoms with Crippen LogP contribution in [0, 0.1) is 0 Å². The van der Waals surface area contributed by atoms with Gasteiger partial charge in [-0.2, -0.15) is 0 Å². The van der Waals surface area contributed by atoms with Crippen molar-refractivity contribution in [1.29, 1.82) is 0 Å². The lowest BCUT2D eigenvalue weighted by Gasteiger charge is -2.11. The maximum absolute atomic E-state index is 5.09. The Hall–Kier alpha value is -5.53. The van der Waals surface area contributed by atoms with Gasteiger partial charge in [-0.25, -0.2) is 4.98 Å². The van der Waals surface area contributed by atoms with Crippen LogP contribution in [0.25, 0.3) is 67.0 Å². The van der Waals surface area contributed by atoms with E-state index in [1.54, 1.807) is 0 Å². The van der Waals surface area contributed by atoms with Gasteiger partial charge in [-0.15, -0.1) is 0 Å². The zero-order valence-corrected chi connectivity index (χ0v) is 23.2. The first-order valence-corrected chi connectivity index (χ1v) is 14.3. The molecule has 6 aromatic carbocycles. The average Bonchev–Trinajstić information content (AvgIpc) is 3.09.